The number of rotatable bonds is 5. The van der Waals surface area contributed by atoms with E-state index in [9.17, 15) is 9.18 Å². The van der Waals surface area contributed by atoms with Crippen molar-refractivity contribution >= 4 is 23.3 Å². The largest absolute Gasteiger partial charge is 0.353 e. The summed E-state index contributed by atoms with van der Waals surface area (Å²) in [7, 11) is 0. The van der Waals surface area contributed by atoms with Gasteiger partial charge in [-0.15, -0.1) is 0 Å². The number of piperidine rings is 1. The number of aromatic nitrogens is 2. The van der Waals surface area contributed by atoms with Gasteiger partial charge < -0.3 is 10.2 Å². The second-order valence-electron chi connectivity index (χ2n) is 7.27. The fourth-order valence-electron chi connectivity index (χ4n) is 3.65. The van der Waals surface area contributed by atoms with Crippen LogP contribution in [0, 0.1) is 5.82 Å². The number of benzene rings is 2. The topological polar surface area (TPSA) is 61.0 Å². The van der Waals surface area contributed by atoms with Gasteiger partial charge in [-0.3, -0.25) is 9.89 Å². The Bertz CT molecular complexity index is 988. The van der Waals surface area contributed by atoms with Gasteiger partial charge >= 0.3 is 0 Å². The Kier molecular flexibility index (Phi) is 5.81. The van der Waals surface area contributed by atoms with Crippen LogP contribution >= 0.6 is 11.6 Å². The Hall–Kier alpha value is -2.86. The smallest absolute Gasteiger partial charge is 0.224 e. The average molecular weight is 413 g/mol. The number of halogens is 2. The van der Waals surface area contributed by atoms with E-state index in [1.54, 1.807) is 18.2 Å². The molecule has 1 aliphatic heterocycles. The zero-order valence-electron chi connectivity index (χ0n) is 15.9. The molecule has 2 N–H and O–H groups in total. The Morgan fingerprint density at radius 2 is 2.03 bits per heavy atom. The number of H-pyrrole nitrogens is 1. The van der Waals surface area contributed by atoms with Crippen molar-refractivity contribution < 1.29 is 9.18 Å². The van der Waals surface area contributed by atoms with Crippen LogP contribution in [0.2, 0.25) is 5.02 Å². The molecule has 7 heteroatoms. The van der Waals surface area contributed by atoms with E-state index in [2.05, 4.69) is 20.4 Å². The third-order valence-electron chi connectivity index (χ3n) is 5.14. The van der Waals surface area contributed by atoms with Crippen LogP contribution in [0.4, 0.5) is 10.2 Å². The number of carbonyl (C=O) groups is 1. The minimum Gasteiger partial charge on any atom is -0.353 e. The SMILES string of the molecule is O=C(Cc1ccccc1Cl)N[C@H]1CCCN(c2cc(-c3ccc(F)cc3)[nH]n2)C1. The fourth-order valence-corrected chi connectivity index (χ4v) is 3.85. The van der Waals surface area contributed by atoms with E-state index in [-0.39, 0.29) is 24.2 Å². The number of anilines is 1. The standard InChI is InChI=1S/C22H22ClFN4O/c23-19-6-2-1-4-16(19)12-22(29)25-18-5-3-11-28(14-18)21-13-20(26-27-21)15-7-9-17(24)10-8-15/h1-2,4,6-10,13,18H,3,5,11-12,14H2,(H,25,29)(H,26,27)/t18-/m0/s1. The van der Waals surface area contributed by atoms with Crippen LogP contribution in [0.5, 0.6) is 0 Å². The lowest BCUT2D eigenvalue weighted by atomic mass is 10.0. The first-order valence-electron chi connectivity index (χ1n) is 9.67. The summed E-state index contributed by atoms with van der Waals surface area (Å²) in [6.45, 7) is 1.58. The molecule has 3 aromatic rings. The highest BCUT2D eigenvalue weighted by Gasteiger charge is 2.23. The van der Waals surface area contributed by atoms with Crippen LogP contribution in [0.25, 0.3) is 11.3 Å². The first-order valence-corrected chi connectivity index (χ1v) is 10.1. The predicted molar refractivity (Wildman–Crippen MR) is 113 cm³/mol. The predicted octanol–water partition coefficient (Wildman–Crippen LogP) is 4.20. The van der Waals surface area contributed by atoms with Crippen molar-refractivity contribution in [2.75, 3.05) is 18.0 Å². The van der Waals surface area contributed by atoms with Gasteiger partial charge in [-0.2, -0.15) is 5.10 Å². The molecule has 0 radical (unpaired) electrons. The second kappa shape index (κ2) is 8.66. The van der Waals surface area contributed by atoms with E-state index in [1.807, 2.05) is 24.3 Å². The molecule has 0 saturated carbocycles. The minimum absolute atomic E-state index is 0.0287. The fraction of sp³-hybridized carbons (Fsp3) is 0.273. The molecule has 2 heterocycles. The van der Waals surface area contributed by atoms with Crippen molar-refractivity contribution in [3.05, 3.63) is 71.0 Å². The van der Waals surface area contributed by atoms with Gasteiger partial charge in [0.05, 0.1) is 12.1 Å². The maximum Gasteiger partial charge on any atom is 0.224 e. The Morgan fingerprint density at radius 1 is 1.24 bits per heavy atom. The second-order valence-corrected chi connectivity index (χ2v) is 7.67. The summed E-state index contributed by atoms with van der Waals surface area (Å²) in [5.41, 5.74) is 2.55. The van der Waals surface area contributed by atoms with Crippen LogP contribution in [0.1, 0.15) is 18.4 Å². The van der Waals surface area contributed by atoms with E-state index in [1.165, 1.54) is 12.1 Å². The number of nitrogens with one attached hydrogen (secondary N) is 2. The number of carbonyl (C=O) groups excluding carboxylic acids is 1. The van der Waals surface area contributed by atoms with E-state index in [4.69, 9.17) is 11.6 Å². The molecule has 1 aliphatic rings. The van der Waals surface area contributed by atoms with Gasteiger partial charge in [-0.1, -0.05) is 29.8 Å². The molecule has 5 nitrogen and oxygen atoms in total. The summed E-state index contributed by atoms with van der Waals surface area (Å²) < 4.78 is 13.1. The molecule has 1 saturated heterocycles. The van der Waals surface area contributed by atoms with Crippen molar-refractivity contribution in [3.8, 4) is 11.3 Å². The number of hydrogen-bond acceptors (Lipinski definition) is 3. The summed E-state index contributed by atoms with van der Waals surface area (Å²) in [5.74, 6) is 0.535. The lowest BCUT2D eigenvalue weighted by Crippen LogP contribution is -2.48. The third kappa shape index (κ3) is 4.77. The highest BCUT2D eigenvalue weighted by atomic mass is 35.5. The number of amides is 1. The Labute approximate surface area is 173 Å². The van der Waals surface area contributed by atoms with Crippen molar-refractivity contribution in [2.45, 2.75) is 25.3 Å². The van der Waals surface area contributed by atoms with Crippen molar-refractivity contribution in [1.29, 1.82) is 0 Å². The van der Waals surface area contributed by atoms with Crippen molar-refractivity contribution in [2.24, 2.45) is 0 Å². The van der Waals surface area contributed by atoms with Gasteiger partial charge in [0.15, 0.2) is 5.82 Å². The molecule has 0 bridgehead atoms. The van der Waals surface area contributed by atoms with Gasteiger partial charge in [0.1, 0.15) is 5.82 Å². The minimum atomic E-state index is -0.264. The Morgan fingerprint density at radius 3 is 2.83 bits per heavy atom. The van der Waals surface area contributed by atoms with Gasteiger partial charge in [0, 0.05) is 30.2 Å². The zero-order valence-corrected chi connectivity index (χ0v) is 16.6. The molecule has 1 aromatic heterocycles. The number of aromatic amines is 1. The van der Waals surface area contributed by atoms with Crippen LogP contribution in [-0.4, -0.2) is 35.2 Å². The highest BCUT2D eigenvalue weighted by Crippen LogP contribution is 2.24. The van der Waals surface area contributed by atoms with E-state index >= 15 is 0 Å². The van der Waals surface area contributed by atoms with Crippen molar-refractivity contribution in [1.82, 2.24) is 15.5 Å². The van der Waals surface area contributed by atoms with Crippen LogP contribution in [-0.2, 0) is 11.2 Å². The third-order valence-corrected chi connectivity index (χ3v) is 5.51. The lowest BCUT2D eigenvalue weighted by Gasteiger charge is -2.33. The molecular formula is C22H22ClFN4O. The molecule has 1 amide bonds. The molecule has 29 heavy (non-hydrogen) atoms. The first kappa shape index (κ1) is 19.5. The van der Waals surface area contributed by atoms with Crippen molar-refractivity contribution in [3.63, 3.8) is 0 Å². The van der Waals surface area contributed by atoms with Gasteiger partial charge in [-0.25, -0.2) is 4.39 Å². The van der Waals surface area contributed by atoms with Crippen LogP contribution < -0.4 is 10.2 Å². The van der Waals surface area contributed by atoms with Crippen LogP contribution in [0.3, 0.4) is 0 Å². The molecule has 1 fully saturated rings. The van der Waals surface area contributed by atoms with E-state index in [0.29, 0.717) is 11.6 Å². The molecule has 1 atom stereocenters. The van der Waals surface area contributed by atoms with Gasteiger partial charge in [0.25, 0.3) is 0 Å². The summed E-state index contributed by atoms with van der Waals surface area (Å²) in [6.07, 6.45) is 2.17. The van der Waals surface area contributed by atoms with Gasteiger partial charge in [-0.05, 0) is 54.3 Å². The molecule has 4 rings (SSSR count). The summed E-state index contributed by atoms with van der Waals surface area (Å²) >= 11 is 6.16. The molecule has 0 unspecified atom stereocenters. The molecule has 150 valence electrons. The summed E-state index contributed by atoms with van der Waals surface area (Å²) in [4.78, 5) is 14.6. The van der Waals surface area contributed by atoms with E-state index in [0.717, 1.165) is 42.0 Å². The highest BCUT2D eigenvalue weighted by molar-refractivity contribution is 6.31. The normalized spacial score (nSPS) is 16.6. The summed E-state index contributed by atoms with van der Waals surface area (Å²) in [5, 5.41) is 11.2. The summed E-state index contributed by atoms with van der Waals surface area (Å²) in [6, 6.07) is 15.7. The van der Waals surface area contributed by atoms with E-state index < -0.39 is 0 Å². The first-order chi connectivity index (χ1) is 14.1. The number of hydrogen-bond donors (Lipinski definition) is 2. The van der Waals surface area contributed by atoms with Gasteiger partial charge in [0.2, 0.25) is 5.91 Å². The number of nitrogens with zero attached hydrogens (tertiary/aromatic N) is 2. The maximum atomic E-state index is 13.1. The molecule has 2 aromatic carbocycles. The lowest BCUT2D eigenvalue weighted by molar-refractivity contribution is -0.121. The molecular weight excluding hydrogens is 391 g/mol. The monoisotopic (exact) mass is 412 g/mol. The Balaban J connectivity index is 1.38. The molecule has 0 aliphatic carbocycles. The molecule has 0 spiro atoms. The quantitative estimate of drug-likeness (QED) is 0.660. The zero-order chi connectivity index (χ0) is 20.2. The van der Waals surface area contributed by atoms with Crippen LogP contribution in [0.15, 0.2) is 54.6 Å². The average Bonchev–Trinajstić information content (AvgIpc) is 3.21. The maximum absolute atomic E-state index is 13.1.